The summed E-state index contributed by atoms with van der Waals surface area (Å²) in [6.07, 6.45) is 2.03. The van der Waals surface area contributed by atoms with Crippen LogP contribution in [0.2, 0.25) is 0 Å². The zero-order valence-electron chi connectivity index (χ0n) is 17.9. The van der Waals surface area contributed by atoms with Crippen molar-refractivity contribution in [2.75, 3.05) is 20.1 Å². The second kappa shape index (κ2) is 10.3. The minimum absolute atomic E-state index is 0. The van der Waals surface area contributed by atoms with Crippen molar-refractivity contribution in [1.82, 2.24) is 19.8 Å². The second-order valence-electron chi connectivity index (χ2n) is 7.77. The Morgan fingerprint density at radius 2 is 2.06 bits per heavy atom. The van der Waals surface area contributed by atoms with Gasteiger partial charge >= 0.3 is 5.63 Å². The number of halogens is 2. The van der Waals surface area contributed by atoms with Crippen molar-refractivity contribution in [2.45, 2.75) is 32.2 Å². The molecular weight excluding hydrogens is 439 g/mol. The Morgan fingerprint density at radius 1 is 1.32 bits per heavy atom. The first-order valence-corrected chi connectivity index (χ1v) is 9.97. The van der Waals surface area contributed by atoms with Crippen LogP contribution in [0.3, 0.4) is 0 Å². The molecule has 7 nitrogen and oxygen atoms in total. The molecule has 1 unspecified atom stereocenters. The van der Waals surface area contributed by atoms with Gasteiger partial charge in [0.1, 0.15) is 17.1 Å². The minimum atomic E-state index is -0.563. The average molecular weight is 467 g/mol. The number of hydrogen-bond acceptors (Lipinski definition) is 5. The van der Waals surface area contributed by atoms with E-state index in [4.69, 9.17) is 4.42 Å². The Hall–Kier alpha value is -2.35. The molecule has 168 valence electrons. The van der Waals surface area contributed by atoms with Crippen LogP contribution in [0, 0.1) is 6.92 Å². The third kappa shape index (κ3) is 4.95. The Balaban J connectivity index is 0.00000171. The molecule has 1 atom stereocenters. The van der Waals surface area contributed by atoms with E-state index >= 15 is 0 Å². The second-order valence-corrected chi connectivity index (χ2v) is 7.77. The maximum absolute atomic E-state index is 13.0. The van der Waals surface area contributed by atoms with E-state index in [1.54, 1.807) is 14.0 Å². The zero-order chi connectivity index (χ0) is 20.5. The Bertz CT molecular complexity index is 1120. The number of amides is 1. The Morgan fingerprint density at radius 3 is 2.71 bits per heavy atom. The number of aromatic nitrogens is 2. The number of piperidine rings is 1. The van der Waals surface area contributed by atoms with E-state index in [2.05, 4.69) is 10.3 Å². The van der Waals surface area contributed by atoms with Gasteiger partial charge in [0.2, 0.25) is 0 Å². The van der Waals surface area contributed by atoms with E-state index in [0.29, 0.717) is 17.9 Å². The van der Waals surface area contributed by atoms with E-state index in [-0.39, 0.29) is 42.2 Å². The summed E-state index contributed by atoms with van der Waals surface area (Å²) in [4.78, 5) is 31.8. The summed E-state index contributed by atoms with van der Waals surface area (Å²) in [6.45, 7) is 3.88. The molecule has 0 radical (unpaired) electrons. The van der Waals surface area contributed by atoms with Crippen LogP contribution in [0.4, 0.5) is 0 Å². The molecule has 0 aliphatic carbocycles. The van der Waals surface area contributed by atoms with Crippen LogP contribution >= 0.6 is 24.8 Å². The number of fused-ring (bicyclic) bond motifs is 1. The van der Waals surface area contributed by atoms with Crippen LogP contribution in [-0.2, 0) is 13.6 Å². The number of para-hydroxylation sites is 2. The largest absolute Gasteiger partial charge is 0.427 e. The van der Waals surface area contributed by atoms with Crippen LogP contribution in [-0.4, -0.2) is 40.5 Å². The lowest BCUT2D eigenvalue weighted by molar-refractivity contribution is 0.0774. The van der Waals surface area contributed by atoms with Gasteiger partial charge in [0.05, 0.1) is 17.6 Å². The fraction of sp³-hybridized carbons (Fsp3) is 0.409. The van der Waals surface area contributed by atoms with E-state index < -0.39 is 5.63 Å². The van der Waals surface area contributed by atoms with Crippen LogP contribution in [0.1, 0.15) is 46.3 Å². The zero-order valence-corrected chi connectivity index (χ0v) is 19.5. The van der Waals surface area contributed by atoms with Gasteiger partial charge in [-0.1, -0.05) is 12.1 Å². The molecule has 3 aromatic rings. The minimum Gasteiger partial charge on any atom is -0.427 e. The fourth-order valence-electron chi connectivity index (χ4n) is 4.00. The number of carbonyl (C=O) groups is 1. The van der Waals surface area contributed by atoms with E-state index in [9.17, 15) is 9.59 Å². The van der Waals surface area contributed by atoms with Crippen molar-refractivity contribution in [2.24, 2.45) is 7.05 Å². The van der Waals surface area contributed by atoms with Crippen molar-refractivity contribution in [3.63, 3.8) is 0 Å². The molecule has 1 amide bonds. The van der Waals surface area contributed by atoms with Crippen LogP contribution in [0.25, 0.3) is 11.0 Å². The maximum atomic E-state index is 13.0. The van der Waals surface area contributed by atoms with Gasteiger partial charge in [-0.15, -0.1) is 24.8 Å². The lowest BCUT2D eigenvalue weighted by Gasteiger charge is -2.22. The van der Waals surface area contributed by atoms with Gasteiger partial charge in [0.15, 0.2) is 0 Å². The molecule has 1 N–H and O–H groups in total. The summed E-state index contributed by atoms with van der Waals surface area (Å²) in [5.41, 5.74) is 2.08. The average Bonchev–Trinajstić information content (AvgIpc) is 3.03. The number of aryl methyl sites for hydroxylation is 2. The van der Waals surface area contributed by atoms with E-state index in [1.807, 2.05) is 41.9 Å². The van der Waals surface area contributed by atoms with E-state index in [1.165, 1.54) is 4.90 Å². The molecule has 4 rings (SSSR count). The quantitative estimate of drug-likeness (QED) is 0.636. The Labute approximate surface area is 193 Å². The predicted octanol–water partition coefficient (Wildman–Crippen LogP) is 3.42. The molecule has 1 fully saturated rings. The van der Waals surface area contributed by atoms with Gasteiger partial charge in [-0.25, -0.2) is 9.78 Å². The molecule has 1 aliphatic rings. The molecule has 1 saturated heterocycles. The van der Waals surface area contributed by atoms with Gasteiger partial charge in [0, 0.05) is 26.6 Å². The standard InChI is InChI=1S/C22H26N4O3.2ClH/c1-14-11-18(15-7-6-10-23-12-15)29-22(28)20(14)21(27)25(2)13-19-24-16-8-4-5-9-17(16)26(19)3;;/h4-5,8-9,11,15,23H,6-7,10,12-13H2,1-3H3;2*1H. The third-order valence-corrected chi connectivity index (χ3v) is 5.69. The number of rotatable bonds is 4. The predicted molar refractivity (Wildman–Crippen MR) is 126 cm³/mol. The van der Waals surface area contributed by atoms with Gasteiger partial charge < -0.3 is 19.2 Å². The highest BCUT2D eigenvalue weighted by Crippen LogP contribution is 2.24. The van der Waals surface area contributed by atoms with Gasteiger partial charge in [-0.05, 0) is 50.1 Å². The molecular formula is C22H28Cl2N4O3. The molecule has 0 spiro atoms. The highest BCUT2D eigenvalue weighted by Gasteiger charge is 2.25. The normalized spacial score (nSPS) is 15.8. The van der Waals surface area contributed by atoms with Crippen molar-refractivity contribution in [3.05, 3.63) is 63.5 Å². The smallest absolute Gasteiger partial charge is 0.349 e. The first-order chi connectivity index (χ1) is 14.0. The Kier molecular flexibility index (Phi) is 8.28. The van der Waals surface area contributed by atoms with Gasteiger partial charge in [-0.2, -0.15) is 0 Å². The van der Waals surface area contributed by atoms with Gasteiger partial charge in [-0.3, -0.25) is 4.79 Å². The molecule has 9 heteroatoms. The fourth-order valence-corrected chi connectivity index (χ4v) is 4.00. The molecule has 2 aromatic heterocycles. The lowest BCUT2D eigenvalue weighted by atomic mass is 9.95. The number of imidazole rings is 1. The number of carbonyl (C=O) groups excluding carboxylic acids is 1. The van der Waals surface area contributed by atoms with Crippen LogP contribution in [0.5, 0.6) is 0 Å². The first-order valence-electron chi connectivity index (χ1n) is 9.97. The summed E-state index contributed by atoms with van der Waals surface area (Å²) in [7, 11) is 3.61. The van der Waals surface area contributed by atoms with Crippen molar-refractivity contribution in [3.8, 4) is 0 Å². The molecule has 3 heterocycles. The summed E-state index contributed by atoms with van der Waals surface area (Å²) >= 11 is 0. The van der Waals surface area contributed by atoms with Crippen molar-refractivity contribution in [1.29, 1.82) is 0 Å². The number of nitrogens with one attached hydrogen (secondary N) is 1. The lowest BCUT2D eigenvalue weighted by Crippen LogP contribution is -2.33. The first kappa shape index (κ1) is 24.9. The maximum Gasteiger partial charge on any atom is 0.349 e. The molecule has 31 heavy (non-hydrogen) atoms. The summed E-state index contributed by atoms with van der Waals surface area (Å²) in [6, 6.07) is 9.67. The van der Waals surface area contributed by atoms with Crippen molar-refractivity contribution < 1.29 is 9.21 Å². The molecule has 1 aromatic carbocycles. The van der Waals surface area contributed by atoms with Crippen molar-refractivity contribution >= 4 is 41.8 Å². The van der Waals surface area contributed by atoms with Crippen LogP contribution < -0.4 is 10.9 Å². The number of hydrogen-bond donors (Lipinski definition) is 1. The van der Waals surface area contributed by atoms with Gasteiger partial charge in [0.25, 0.3) is 5.91 Å². The molecule has 0 saturated carbocycles. The topological polar surface area (TPSA) is 80.4 Å². The van der Waals surface area contributed by atoms with E-state index in [0.717, 1.165) is 42.8 Å². The highest BCUT2D eigenvalue weighted by atomic mass is 35.5. The summed E-state index contributed by atoms with van der Waals surface area (Å²) in [5.74, 6) is 1.25. The molecule has 0 bridgehead atoms. The summed E-state index contributed by atoms with van der Waals surface area (Å²) < 4.78 is 7.52. The monoisotopic (exact) mass is 466 g/mol. The summed E-state index contributed by atoms with van der Waals surface area (Å²) in [5, 5.41) is 3.32. The molecule has 1 aliphatic heterocycles. The third-order valence-electron chi connectivity index (χ3n) is 5.69. The van der Waals surface area contributed by atoms with Crippen LogP contribution in [0.15, 0.2) is 39.5 Å². The SMILES string of the molecule is Cc1cc(C2CCCNC2)oc(=O)c1C(=O)N(C)Cc1nc2ccccc2n1C.Cl.Cl. The number of nitrogens with zero attached hydrogens (tertiary/aromatic N) is 3. The number of benzene rings is 1. The highest BCUT2D eigenvalue weighted by molar-refractivity contribution is 5.95.